The standard InChI is InChI=1S/C14H23ClN4O2/c1-3-5-19-14(20)13(15)12(9-17-19)16-8-11-10-18(4-2)6-7-21-11/h9,11,16H,3-8,10H2,1-2H3. The van der Waals surface area contributed by atoms with Crippen molar-refractivity contribution in [2.75, 3.05) is 38.1 Å². The van der Waals surface area contributed by atoms with E-state index in [1.165, 1.54) is 4.68 Å². The zero-order valence-corrected chi connectivity index (χ0v) is 13.4. The number of anilines is 1. The van der Waals surface area contributed by atoms with Crippen molar-refractivity contribution in [2.45, 2.75) is 32.9 Å². The van der Waals surface area contributed by atoms with Gasteiger partial charge in [-0.3, -0.25) is 9.69 Å². The molecule has 1 atom stereocenters. The van der Waals surface area contributed by atoms with Crippen molar-refractivity contribution in [1.82, 2.24) is 14.7 Å². The van der Waals surface area contributed by atoms with Crippen molar-refractivity contribution < 1.29 is 4.74 Å². The Hall–Kier alpha value is -1.11. The highest BCUT2D eigenvalue weighted by atomic mass is 35.5. The van der Waals surface area contributed by atoms with E-state index < -0.39 is 0 Å². The first-order valence-corrected chi connectivity index (χ1v) is 7.87. The fourth-order valence-corrected chi connectivity index (χ4v) is 2.59. The lowest BCUT2D eigenvalue weighted by Gasteiger charge is -2.32. The van der Waals surface area contributed by atoms with Crippen molar-refractivity contribution in [3.63, 3.8) is 0 Å². The van der Waals surface area contributed by atoms with Gasteiger partial charge in [-0.25, -0.2) is 4.68 Å². The summed E-state index contributed by atoms with van der Waals surface area (Å²) in [5, 5.41) is 7.50. The summed E-state index contributed by atoms with van der Waals surface area (Å²) in [5.41, 5.74) is 0.328. The Bertz CT molecular complexity index is 520. The number of nitrogens with one attached hydrogen (secondary N) is 1. The van der Waals surface area contributed by atoms with Gasteiger partial charge in [0.15, 0.2) is 0 Å². The molecule has 21 heavy (non-hydrogen) atoms. The van der Waals surface area contributed by atoms with Crippen LogP contribution in [0.15, 0.2) is 11.0 Å². The van der Waals surface area contributed by atoms with Crippen LogP contribution in [-0.2, 0) is 11.3 Å². The predicted molar refractivity (Wildman–Crippen MR) is 84.1 cm³/mol. The molecule has 1 saturated heterocycles. The lowest BCUT2D eigenvalue weighted by atomic mass is 10.2. The van der Waals surface area contributed by atoms with Crippen LogP contribution in [0.2, 0.25) is 5.02 Å². The Kier molecular flexibility index (Phi) is 6.02. The molecule has 1 N–H and O–H groups in total. The molecule has 1 aliphatic rings. The SMILES string of the molecule is CCCn1ncc(NCC2CN(CC)CCO2)c(Cl)c1=O. The van der Waals surface area contributed by atoms with Crippen molar-refractivity contribution in [3.8, 4) is 0 Å². The van der Waals surface area contributed by atoms with Crippen LogP contribution in [-0.4, -0.2) is 53.6 Å². The fourth-order valence-electron chi connectivity index (χ4n) is 2.37. The number of rotatable bonds is 6. The van der Waals surface area contributed by atoms with Crippen molar-refractivity contribution in [2.24, 2.45) is 0 Å². The second-order valence-electron chi connectivity index (χ2n) is 5.17. The number of halogens is 1. The topological polar surface area (TPSA) is 59.4 Å². The van der Waals surface area contributed by atoms with Gasteiger partial charge in [-0.15, -0.1) is 0 Å². The van der Waals surface area contributed by atoms with E-state index >= 15 is 0 Å². The lowest BCUT2D eigenvalue weighted by Crippen LogP contribution is -2.45. The smallest absolute Gasteiger partial charge is 0.287 e. The average Bonchev–Trinajstić information content (AvgIpc) is 2.51. The molecule has 0 radical (unpaired) electrons. The first kappa shape index (κ1) is 16.3. The van der Waals surface area contributed by atoms with E-state index in [4.69, 9.17) is 16.3 Å². The van der Waals surface area contributed by atoms with Crippen LogP contribution < -0.4 is 10.9 Å². The molecule has 0 amide bonds. The normalized spacial score (nSPS) is 19.7. The van der Waals surface area contributed by atoms with Crippen LogP contribution in [0.1, 0.15) is 20.3 Å². The van der Waals surface area contributed by atoms with E-state index in [-0.39, 0.29) is 16.7 Å². The van der Waals surface area contributed by atoms with Gasteiger partial charge in [-0.2, -0.15) is 5.10 Å². The molecule has 0 aromatic carbocycles. The summed E-state index contributed by atoms with van der Waals surface area (Å²) in [4.78, 5) is 14.4. The molecule has 0 aliphatic carbocycles. The number of likely N-dealkylation sites (N-methyl/N-ethyl adjacent to an activating group) is 1. The first-order valence-electron chi connectivity index (χ1n) is 7.49. The van der Waals surface area contributed by atoms with Crippen LogP contribution >= 0.6 is 11.6 Å². The molecular formula is C14H23ClN4O2. The van der Waals surface area contributed by atoms with Crippen molar-refractivity contribution >= 4 is 17.3 Å². The summed E-state index contributed by atoms with van der Waals surface area (Å²) < 4.78 is 7.11. The summed E-state index contributed by atoms with van der Waals surface area (Å²) in [5.74, 6) is 0. The maximum absolute atomic E-state index is 12.0. The van der Waals surface area contributed by atoms with Gasteiger partial charge in [0, 0.05) is 26.2 Å². The molecule has 2 heterocycles. The molecule has 0 spiro atoms. The van der Waals surface area contributed by atoms with E-state index in [1.54, 1.807) is 6.20 Å². The maximum Gasteiger partial charge on any atom is 0.287 e. The summed E-state index contributed by atoms with van der Waals surface area (Å²) in [6.07, 6.45) is 2.56. The highest BCUT2D eigenvalue weighted by Crippen LogP contribution is 2.16. The second kappa shape index (κ2) is 7.77. The zero-order chi connectivity index (χ0) is 15.2. The van der Waals surface area contributed by atoms with Crippen LogP contribution in [0.5, 0.6) is 0 Å². The molecule has 1 aromatic heterocycles. The Labute approximate surface area is 130 Å². The summed E-state index contributed by atoms with van der Waals surface area (Å²) >= 11 is 6.12. The predicted octanol–water partition coefficient (Wildman–Crippen LogP) is 1.44. The number of ether oxygens (including phenoxy) is 1. The molecule has 1 aromatic rings. The molecule has 0 saturated carbocycles. The van der Waals surface area contributed by atoms with E-state index in [2.05, 4.69) is 22.2 Å². The second-order valence-corrected chi connectivity index (χ2v) is 5.55. The van der Waals surface area contributed by atoms with E-state index in [1.807, 2.05) is 6.92 Å². The molecule has 7 heteroatoms. The number of hydrogen-bond donors (Lipinski definition) is 1. The molecule has 0 bridgehead atoms. The zero-order valence-electron chi connectivity index (χ0n) is 12.6. The van der Waals surface area contributed by atoms with Gasteiger partial charge in [0.05, 0.1) is 24.6 Å². The average molecular weight is 315 g/mol. The molecule has 6 nitrogen and oxygen atoms in total. The number of hydrogen-bond acceptors (Lipinski definition) is 5. The van der Waals surface area contributed by atoms with E-state index in [9.17, 15) is 4.79 Å². The highest BCUT2D eigenvalue weighted by molar-refractivity contribution is 6.32. The third-order valence-corrected chi connectivity index (χ3v) is 3.98. The number of morpholine rings is 1. The summed E-state index contributed by atoms with van der Waals surface area (Å²) in [7, 11) is 0. The molecule has 1 fully saturated rings. The minimum Gasteiger partial charge on any atom is -0.380 e. The number of nitrogens with zero attached hydrogens (tertiary/aromatic N) is 3. The minimum absolute atomic E-state index is 0.104. The summed E-state index contributed by atoms with van der Waals surface area (Å²) in [6.45, 7) is 8.96. The molecular weight excluding hydrogens is 292 g/mol. The first-order chi connectivity index (χ1) is 10.2. The van der Waals surface area contributed by atoms with Crippen LogP contribution in [0, 0.1) is 0 Å². The Morgan fingerprint density at radius 1 is 1.52 bits per heavy atom. The van der Waals surface area contributed by atoms with Crippen molar-refractivity contribution in [1.29, 1.82) is 0 Å². The lowest BCUT2D eigenvalue weighted by molar-refractivity contribution is -0.0191. The van der Waals surface area contributed by atoms with Crippen molar-refractivity contribution in [3.05, 3.63) is 21.6 Å². The van der Waals surface area contributed by atoms with Gasteiger partial charge in [0.2, 0.25) is 0 Å². The molecule has 1 unspecified atom stereocenters. The van der Waals surface area contributed by atoms with Gasteiger partial charge in [0.25, 0.3) is 5.56 Å². The largest absolute Gasteiger partial charge is 0.380 e. The third-order valence-electron chi connectivity index (χ3n) is 3.61. The highest BCUT2D eigenvalue weighted by Gasteiger charge is 2.19. The van der Waals surface area contributed by atoms with Crippen LogP contribution in [0.3, 0.4) is 0 Å². The minimum atomic E-state index is -0.247. The molecule has 118 valence electrons. The quantitative estimate of drug-likeness (QED) is 0.861. The van der Waals surface area contributed by atoms with Crippen LogP contribution in [0.4, 0.5) is 5.69 Å². The Balaban J connectivity index is 1.97. The van der Waals surface area contributed by atoms with Gasteiger partial charge < -0.3 is 10.1 Å². The molecule has 2 rings (SSSR count). The van der Waals surface area contributed by atoms with Gasteiger partial charge in [-0.05, 0) is 13.0 Å². The molecule has 1 aliphatic heterocycles. The summed E-state index contributed by atoms with van der Waals surface area (Å²) in [6, 6.07) is 0. The van der Waals surface area contributed by atoms with Gasteiger partial charge in [-0.1, -0.05) is 25.4 Å². The van der Waals surface area contributed by atoms with E-state index in [0.29, 0.717) is 18.8 Å². The Morgan fingerprint density at radius 3 is 3.05 bits per heavy atom. The number of aryl methyl sites for hydroxylation is 1. The third kappa shape index (κ3) is 4.18. The van der Waals surface area contributed by atoms with Gasteiger partial charge >= 0.3 is 0 Å². The van der Waals surface area contributed by atoms with Gasteiger partial charge in [0.1, 0.15) is 5.02 Å². The maximum atomic E-state index is 12.0. The Morgan fingerprint density at radius 2 is 2.33 bits per heavy atom. The van der Waals surface area contributed by atoms with Crippen LogP contribution in [0.25, 0.3) is 0 Å². The monoisotopic (exact) mass is 314 g/mol. The number of aromatic nitrogens is 2. The fraction of sp³-hybridized carbons (Fsp3) is 0.714. The van der Waals surface area contributed by atoms with E-state index in [0.717, 1.165) is 32.7 Å².